The molecule has 3 rings (SSSR count). The van der Waals surface area contributed by atoms with Crippen molar-refractivity contribution in [2.45, 2.75) is 90.4 Å². The molecule has 0 amide bonds. The van der Waals surface area contributed by atoms with E-state index in [4.69, 9.17) is 4.74 Å². The molecule has 0 atom stereocenters. The molecule has 0 bridgehead atoms. The predicted octanol–water partition coefficient (Wildman–Crippen LogP) is 8.48. The average Bonchev–Trinajstić information content (AvgIpc) is 2.83. The zero-order chi connectivity index (χ0) is 21.7. The summed E-state index contributed by atoms with van der Waals surface area (Å²) in [6, 6.07) is 17.2. The van der Waals surface area contributed by atoms with Gasteiger partial charge >= 0.3 is 0 Å². The van der Waals surface area contributed by atoms with Crippen LogP contribution >= 0.6 is 0 Å². The number of rotatable bonds is 12. The maximum Gasteiger partial charge on any atom is 0.137 e. The van der Waals surface area contributed by atoms with Crippen LogP contribution in [-0.4, -0.2) is 6.61 Å². The second-order valence-electron chi connectivity index (χ2n) is 9.18. The number of hydrogen-bond acceptors (Lipinski definition) is 2. The van der Waals surface area contributed by atoms with Crippen molar-refractivity contribution in [3.63, 3.8) is 0 Å². The van der Waals surface area contributed by atoms with Crippen molar-refractivity contribution in [2.75, 3.05) is 6.61 Å². The minimum atomic E-state index is 0.629. The number of nitriles is 1. The fraction of sp³-hybridized carbons (Fsp3) is 0.552. The molecule has 0 unspecified atom stereocenters. The molecule has 1 saturated carbocycles. The Morgan fingerprint density at radius 1 is 0.871 bits per heavy atom. The summed E-state index contributed by atoms with van der Waals surface area (Å²) in [5.41, 5.74) is 4.31. The van der Waals surface area contributed by atoms with Crippen molar-refractivity contribution in [2.24, 2.45) is 5.92 Å². The number of ether oxygens (including phenoxy) is 1. The highest BCUT2D eigenvalue weighted by Gasteiger charge is 2.13. The van der Waals surface area contributed by atoms with E-state index in [2.05, 4.69) is 43.3 Å². The SMILES string of the molecule is CCCCCCCCOc1ccc(-c2ccc(CCC3CCCCC3)cc2)cc1C#N. The van der Waals surface area contributed by atoms with E-state index in [1.807, 2.05) is 12.1 Å². The molecule has 2 aromatic carbocycles. The molecule has 0 saturated heterocycles. The van der Waals surface area contributed by atoms with E-state index in [1.165, 1.54) is 88.2 Å². The highest BCUT2D eigenvalue weighted by atomic mass is 16.5. The van der Waals surface area contributed by atoms with Gasteiger partial charge in [-0.15, -0.1) is 0 Å². The third-order valence-electron chi connectivity index (χ3n) is 6.71. The lowest BCUT2D eigenvalue weighted by Crippen LogP contribution is -2.07. The van der Waals surface area contributed by atoms with Crippen LogP contribution in [0, 0.1) is 17.2 Å². The van der Waals surface area contributed by atoms with Gasteiger partial charge in [0.15, 0.2) is 0 Å². The molecule has 166 valence electrons. The number of nitrogens with zero attached hydrogens (tertiary/aromatic N) is 1. The summed E-state index contributed by atoms with van der Waals surface area (Å²) in [6.07, 6.45) is 17.1. The maximum atomic E-state index is 9.60. The lowest BCUT2D eigenvalue weighted by molar-refractivity contribution is 0.303. The summed E-state index contributed by atoms with van der Waals surface area (Å²) in [6.45, 7) is 2.93. The van der Waals surface area contributed by atoms with Crippen LogP contribution in [0.25, 0.3) is 11.1 Å². The summed E-state index contributed by atoms with van der Waals surface area (Å²) >= 11 is 0. The van der Waals surface area contributed by atoms with Gasteiger partial charge in [-0.05, 0) is 54.0 Å². The first kappa shape index (κ1) is 23.4. The minimum absolute atomic E-state index is 0.629. The van der Waals surface area contributed by atoms with Gasteiger partial charge in [-0.25, -0.2) is 0 Å². The molecule has 1 fully saturated rings. The quantitative estimate of drug-likeness (QED) is 0.324. The number of hydrogen-bond donors (Lipinski definition) is 0. The van der Waals surface area contributed by atoms with Crippen LogP contribution in [0.15, 0.2) is 42.5 Å². The summed E-state index contributed by atoms with van der Waals surface area (Å²) in [5, 5.41) is 9.60. The monoisotopic (exact) mass is 417 g/mol. The van der Waals surface area contributed by atoms with Gasteiger partial charge in [0.05, 0.1) is 12.2 Å². The number of benzene rings is 2. The zero-order valence-electron chi connectivity index (χ0n) is 19.4. The first-order chi connectivity index (χ1) is 15.3. The molecule has 2 nitrogen and oxygen atoms in total. The molecule has 1 aliphatic rings. The zero-order valence-corrected chi connectivity index (χ0v) is 19.4. The van der Waals surface area contributed by atoms with Gasteiger partial charge in [0.2, 0.25) is 0 Å². The Hall–Kier alpha value is -2.27. The Kier molecular flexibility index (Phi) is 9.97. The molecule has 0 N–H and O–H groups in total. The molecule has 0 heterocycles. The lowest BCUT2D eigenvalue weighted by Gasteiger charge is -2.21. The molecule has 2 heteroatoms. The van der Waals surface area contributed by atoms with E-state index >= 15 is 0 Å². The van der Waals surface area contributed by atoms with E-state index in [9.17, 15) is 5.26 Å². The van der Waals surface area contributed by atoms with Gasteiger partial charge in [0.1, 0.15) is 11.8 Å². The van der Waals surface area contributed by atoms with Gasteiger partial charge in [0, 0.05) is 0 Å². The van der Waals surface area contributed by atoms with Crippen molar-refractivity contribution in [3.05, 3.63) is 53.6 Å². The molecular formula is C29H39NO. The summed E-state index contributed by atoms with van der Waals surface area (Å²) in [5.74, 6) is 1.64. The van der Waals surface area contributed by atoms with Gasteiger partial charge < -0.3 is 4.74 Å². The van der Waals surface area contributed by atoms with Crippen molar-refractivity contribution in [3.8, 4) is 22.9 Å². The average molecular weight is 418 g/mol. The fourth-order valence-corrected chi connectivity index (χ4v) is 4.70. The third kappa shape index (κ3) is 7.73. The van der Waals surface area contributed by atoms with E-state index in [0.29, 0.717) is 17.9 Å². The van der Waals surface area contributed by atoms with Gasteiger partial charge in [-0.3, -0.25) is 0 Å². The number of unbranched alkanes of at least 4 members (excludes halogenated alkanes) is 5. The molecule has 0 radical (unpaired) electrons. The van der Waals surface area contributed by atoms with Crippen LogP contribution in [0.1, 0.15) is 95.1 Å². The molecular weight excluding hydrogens is 378 g/mol. The van der Waals surface area contributed by atoms with Crippen LogP contribution in [-0.2, 0) is 6.42 Å². The normalized spacial score (nSPS) is 14.3. The van der Waals surface area contributed by atoms with Gasteiger partial charge in [-0.2, -0.15) is 5.26 Å². The van der Waals surface area contributed by atoms with E-state index in [1.54, 1.807) is 0 Å². The topological polar surface area (TPSA) is 33.0 Å². The molecule has 31 heavy (non-hydrogen) atoms. The summed E-state index contributed by atoms with van der Waals surface area (Å²) in [7, 11) is 0. The van der Waals surface area contributed by atoms with E-state index in [0.717, 1.165) is 17.9 Å². The molecule has 0 aliphatic heterocycles. The Balaban J connectivity index is 1.50. The molecule has 1 aliphatic carbocycles. The van der Waals surface area contributed by atoms with Crippen LogP contribution in [0.2, 0.25) is 0 Å². The maximum absolute atomic E-state index is 9.60. The highest BCUT2D eigenvalue weighted by Crippen LogP contribution is 2.29. The predicted molar refractivity (Wildman–Crippen MR) is 130 cm³/mol. The van der Waals surface area contributed by atoms with Crippen LogP contribution in [0.3, 0.4) is 0 Å². The van der Waals surface area contributed by atoms with Crippen LogP contribution in [0.5, 0.6) is 5.75 Å². The molecule has 2 aromatic rings. The largest absolute Gasteiger partial charge is 0.492 e. The smallest absolute Gasteiger partial charge is 0.137 e. The second kappa shape index (κ2) is 13.2. The standard InChI is InChI=1S/C29H39NO/c1-2-3-4-5-6-10-21-31-29-20-19-27(22-28(29)23-30)26-17-15-25(16-18-26)14-13-24-11-8-7-9-12-24/h15-20,22,24H,2-14,21H2,1H3. The van der Waals surface area contributed by atoms with Gasteiger partial charge in [-0.1, -0.05) is 101 Å². The summed E-state index contributed by atoms with van der Waals surface area (Å²) in [4.78, 5) is 0. The van der Waals surface area contributed by atoms with Crippen molar-refractivity contribution >= 4 is 0 Å². The van der Waals surface area contributed by atoms with Gasteiger partial charge in [0.25, 0.3) is 0 Å². The lowest BCUT2D eigenvalue weighted by atomic mass is 9.85. The Morgan fingerprint density at radius 2 is 1.58 bits per heavy atom. The molecule has 0 aromatic heterocycles. The van der Waals surface area contributed by atoms with Crippen molar-refractivity contribution in [1.82, 2.24) is 0 Å². The highest BCUT2D eigenvalue weighted by molar-refractivity contribution is 5.67. The number of aryl methyl sites for hydroxylation is 1. The second-order valence-corrected chi connectivity index (χ2v) is 9.18. The Labute approximate surface area is 189 Å². The van der Waals surface area contributed by atoms with Crippen LogP contribution < -0.4 is 4.74 Å². The summed E-state index contributed by atoms with van der Waals surface area (Å²) < 4.78 is 5.91. The fourth-order valence-electron chi connectivity index (χ4n) is 4.70. The first-order valence-electron chi connectivity index (χ1n) is 12.6. The minimum Gasteiger partial charge on any atom is -0.492 e. The van der Waals surface area contributed by atoms with Crippen LogP contribution in [0.4, 0.5) is 0 Å². The molecule has 0 spiro atoms. The Morgan fingerprint density at radius 3 is 2.32 bits per heavy atom. The van der Waals surface area contributed by atoms with Crippen molar-refractivity contribution in [1.29, 1.82) is 5.26 Å². The Bertz CT molecular complexity index is 812. The van der Waals surface area contributed by atoms with E-state index in [-0.39, 0.29) is 0 Å². The first-order valence-corrected chi connectivity index (χ1v) is 12.6. The van der Waals surface area contributed by atoms with Crippen molar-refractivity contribution < 1.29 is 4.74 Å². The van der Waals surface area contributed by atoms with E-state index < -0.39 is 0 Å². The third-order valence-corrected chi connectivity index (χ3v) is 6.71.